The second-order valence-electron chi connectivity index (χ2n) is 4.98. The average molecular weight is 364 g/mol. The van der Waals surface area contributed by atoms with Crippen LogP contribution in [0, 0.1) is 10.1 Å². The van der Waals surface area contributed by atoms with Gasteiger partial charge >= 0.3 is 0 Å². The third-order valence-corrected chi connectivity index (χ3v) is 3.47. The van der Waals surface area contributed by atoms with E-state index in [1.165, 1.54) is 50.4 Å². The van der Waals surface area contributed by atoms with Gasteiger partial charge in [0.1, 0.15) is 5.75 Å². The number of amides is 2. The monoisotopic (exact) mass is 363 g/mol. The van der Waals surface area contributed by atoms with Crippen molar-refractivity contribution >= 4 is 40.5 Å². The number of anilines is 2. The predicted molar refractivity (Wildman–Crippen MR) is 93.4 cm³/mol. The number of hydrogen-bond donors (Lipinski definition) is 2. The Labute approximate surface area is 147 Å². The van der Waals surface area contributed by atoms with Crippen LogP contribution in [0.1, 0.15) is 17.3 Å². The number of nitro benzene ring substituents is 1. The fourth-order valence-electron chi connectivity index (χ4n) is 2.08. The summed E-state index contributed by atoms with van der Waals surface area (Å²) in [6.45, 7) is 1.33. The summed E-state index contributed by atoms with van der Waals surface area (Å²) in [5, 5.41) is 16.0. The van der Waals surface area contributed by atoms with Crippen molar-refractivity contribution in [2.75, 3.05) is 17.7 Å². The van der Waals surface area contributed by atoms with E-state index in [1.54, 1.807) is 0 Å². The number of carbonyl (C=O) groups excluding carboxylic acids is 2. The Kier molecular flexibility index (Phi) is 5.56. The molecule has 0 aromatic heterocycles. The van der Waals surface area contributed by atoms with Gasteiger partial charge in [-0.2, -0.15) is 0 Å². The summed E-state index contributed by atoms with van der Waals surface area (Å²) in [6, 6.07) is 8.29. The SMILES string of the molecule is COc1cc(NC(C)=O)c(Cl)cc1C(=O)Nc1cccc([N+](=O)[O-])c1. The zero-order valence-corrected chi connectivity index (χ0v) is 14.1. The molecule has 130 valence electrons. The van der Waals surface area contributed by atoms with Gasteiger partial charge in [-0.3, -0.25) is 19.7 Å². The van der Waals surface area contributed by atoms with Crippen LogP contribution < -0.4 is 15.4 Å². The first kappa shape index (κ1) is 18.2. The molecule has 0 unspecified atom stereocenters. The number of rotatable bonds is 5. The molecule has 2 aromatic rings. The van der Waals surface area contributed by atoms with E-state index in [1.807, 2.05) is 0 Å². The lowest BCUT2D eigenvalue weighted by molar-refractivity contribution is -0.384. The largest absolute Gasteiger partial charge is 0.496 e. The molecule has 2 N–H and O–H groups in total. The van der Waals surface area contributed by atoms with E-state index in [9.17, 15) is 19.7 Å². The van der Waals surface area contributed by atoms with Gasteiger partial charge < -0.3 is 15.4 Å². The number of methoxy groups -OCH3 is 1. The van der Waals surface area contributed by atoms with Crippen LogP contribution >= 0.6 is 11.6 Å². The molecule has 0 saturated heterocycles. The molecule has 9 heteroatoms. The molecule has 0 aliphatic carbocycles. The Morgan fingerprint density at radius 3 is 2.52 bits per heavy atom. The standard InChI is InChI=1S/C16H14ClN3O5/c1-9(21)18-14-8-15(25-2)12(7-13(14)17)16(22)19-10-4-3-5-11(6-10)20(23)24/h3-8H,1-2H3,(H,18,21)(H,19,22). The van der Waals surface area contributed by atoms with Crippen molar-refractivity contribution < 1.29 is 19.2 Å². The first-order chi connectivity index (χ1) is 11.8. The van der Waals surface area contributed by atoms with Gasteiger partial charge in [-0.1, -0.05) is 17.7 Å². The van der Waals surface area contributed by atoms with Crippen molar-refractivity contribution in [1.29, 1.82) is 0 Å². The Morgan fingerprint density at radius 1 is 1.20 bits per heavy atom. The topological polar surface area (TPSA) is 111 Å². The highest BCUT2D eigenvalue weighted by Crippen LogP contribution is 2.31. The van der Waals surface area contributed by atoms with E-state index in [4.69, 9.17) is 16.3 Å². The Balaban J connectivity index is 2.32. The zero-order chi connectivity index (χ0) is 18.6. The van der Waals surface area contributed by atoms with Crippen molar-refractivity contribution in [3.05, 3.63) is 57.1 Å². The van der Waals surface area contributed by atoms with E-state index >= 15 is 0 Å². The van der Waals surface area contributed by atoms with E-state index < -0.39 is 10.8 Å². The van der Waals surface area contributed by atoms with E-state index in [0.29, 0.717) is 5.69 Å². The van der Waals surface area contributed by atoms with E-state index in [-0.39, 0.29) is 33.6 Å². The molecule has 0 aliphatic rings. The number of nitro groups is 1. The number of ether oxygens (including phenoxy) is 1. The van der Waals surface area contributed by atoms with Gasteiger partial charge in [0.15, 0.2) is 0 Å². The lowest BCUT2D eigenvalue weighted by Gasteiger charge is -2.13. The summed E-state index contributed by atoms with van der Waals surface area (Å²) in [4.78, 5) is 33.9. The molecule has 0 heterocycles. The first-order valence-corrected chi connectivity index (χ1v) is 7.40. The number of benzene rings is 2. The van der Waals surface area contributed by atoms with Gasteiger partial charge in [0, 0.05) is 30.8 Å². The third-order valence-electron chi connectivity index (χ3n) is 3.16. The Hall–Kier alpha value is -3.13. The molecule has 0 aliphatic heterocycles. The molecule has 25 heavy (non-hydrogen) atoms. The maximum absolute atomic E-state index is 12.5. The number of carbonyl (C=O) groups is 2. The highest BCUT2D eigenvalue weighted by atomic mass is 35.5. The van der Waals surface area contributed by atoms with Crippen LogP contribution in [0.25, 0.3) is 0 Å². The smallest absolute Gasteiger partial charge is 0.271 e. The summed E-state index contributed by atoms with van der Waals surface area (Å²) < 4.78 is 5.16. The highest BCUT2D eigenvalue weighted by molar-refractivity contribution is 6.34. The molecule has 0 spiro atoms. The summed E-state index contributed by atoms with van der Waals surface area (Å²) in [6.07, 6.45) is 0. The van der Waals surface area contributed by atoms with Crippen molar-refractivity contribution in [3.63, 3.8) is 0 Å². The van der Waals surface area contributed by atoms with Gasteiger partial charge in [0.2, 0.25) is 5.91 Å². The van der Waals surface area contributed by atoms with Crippen LogP contribution in [0.5, 0.6) is 5.75 Å². The average Bonchev–Trinajstić information content (AvgIpc) is 2.56. The molecular formula is C16H14ClN3O5. The molecule has 2 aromatic carbocycles. The van der Waals surface area contributed by atoms with Gasteiger partial charge in [0.05, 0.1) is 28.3 Å². The van der Waals surface area contributed by atoms with E-state index in [0.717, 1.165) is 0 Å². The van der Waals surface area contributed by atoms with Gasteiger partial charge in [-0.15, -0.1) is 0 Å². The second kappa shape index (κ2) is 7.63. The Bertz CT molecular complexity index is 854. The highest BCUT2D eigenvalue weighted by Gasteiger charge is 2.17. The minimum atomic E-state index is -0.561. The minimum absolute atomic E-state index is 0.119. The number of nitrogens with one attached hydrogen (secondary N) is 2. The maximum atomic E-state index is 12.5. The minimum Gasteiger partial charge on any atom is -0.496 e. The predicted octanol–water partition coefficient (Wildman–Crippen LogP) is 3.47. The molecular weight excluding hydrogens is 350 g/mol. The second-order valence-corrected chi connectivity index (χ2v) is 5.38. The lowest BCUT2D eigenvalue weighted by atomic mass is 10.1. The van der Waals surface area contributed by atoms with Gasteiger partial charge in [0.25, 0.3) is 11.6 Å². The fraction of sp³-hybridized carbons (Fsp3) is 0.125. The molecule has 0 bridgehead atoms. The van der Waals surface area contributed by atoms with Gasteiger partial charge in [-0.25, -0.2) is 0 Å². The normalized spacial score (nSPS) is 10.0. The molecule has 0 fully saturated rings. The van der Waals surface area contributed by atoms with Crippen LogP contribution in [0.3, 0.4) is 0 Å². The molecule has 0 atom stereocenters. The number of halogens is 1. The molecule has 2 rings (SSSR count). The van der Waals surface area contributed by atoms with Crippen LogP contribution in [0.15, 0.2) is 36.4 Å². The van der Waals surface area contributed by atoms with Crippen molar-refractivity contribution in [2.45, 2.75) is 6.92 Å². The van der Waals surface area contributed by atoms with Crippen LogP contribution in [-0.4, -0.2) is 23.8 Å². The lowest BCUT2D eigenvalue weighted by Crippen LogP contribution is -2.14. The summed E-state index contributed by atoms with van der Waals surface area (Å²) in [7, 11) is 1.37. The van der Waals surface area contributed by atoms with Crippen LogP contribution in [0.2, 0.25) is 5.02 Å². The van der Waals surface area contributed by atoms with Crippen LogP contribution in [0.4, 0.5) is 17.1 Å². The van der Waals surface area contributed by atoms with E-state index in [2.05, 4.69) is 10.6 Å². The molecule has 2 amide bonds. The van der Waals surface area contributed by atoms with Crippen molar-refractivity contribution in [3.8, 4) is 5.75 Å². The number of non-ortho nitro benzene ring substituents is 1. The summed E-state index contributed by atoms with van der Waals surface area (Å²) >= 11 is 6.08. The number of hydrogen-bond acceptors (Lipinski definition) is 5. The zero-order valence-electron chi connectivity index (χ0n) is 13.3. The van der Waals surface area contributed by atoms with Crippen molar-refractivity contribution in [1.82, 2.24) is 0 Å². The maximum Gasteiger partial charge on any atom is 0.271 e. The van der Waals surface area contributed by atoms with Gasteiger partial charge in [-0.05, 0) is 12.1 Å². The number of nitrogens with zero attached hydrogens (tertiary/aromatic N) is 1. The molecule has 0 saturated carbocycles. The fourth-order valence-corrected chi connectivity index (χ4v) is 2.29. The Morgan fingerprint density at radius 2 is 1.92 bits per heavy atom. The third kappa shape index (κ3) is 4.45. The summed E-state index contributed by atoms with van der Waals surface area (Å²) in [5.74, 6) is -0.692. The quantitative estimate of drug-likeness (QED) is 0.624. The van der Waals surface area contributed by atoms with Crippen molar-refractivity contribution in [2.24, 2.45) is 0 Å². The first-order valence-electron chi connectivity index (χ1n) is 7.02. The van der Waals surface area contributed by atoms with Crippen LogP contribution in [-0.2, 0) is 4.79 Å². The molecule has 8 nitrogen and oxygen atoms in total. The molecule has 0 radical (unpaired) electrons. The summed E-state index contributed by atoms with van der Waals surface area (Å²) in [5.41, 5.74) is 0.526.